The van der Waals surface area contributed by atoms with E-state index >= 15 is 0 Å². The van der Waals surface area contributed by atoms with Crippen LogP contribution in [0.3, 0.4) is 0 Å². The van der Waals surface area contributed by atoms with Crippen LogP contribution in [0.2, 0.25) is 0 Å². The van der Waals surface area contributed by atoms with E-state index in [2.05, 4.69) is 39.0 Å². The van der Waals surface area contributed by atoms with Crippen molar-refractivity contribution in [3.05, 3.63) is 29.3 Å². The molecule has 1 aromatic rings. The lowest BCUT2D eigenvalue weighted by molar-refractivity contribution is 0.403. The summed E-state index contributed by atoms with van der Waals surface area (Å²) in [4.78, 5) is 0. The predicted molar refractivity (Wildman–Crippen MR) is 68.1 cm³/mol. The third kappa shape index (κ3) is 1.61. The number of methoxy groups -OCH3 is 1. The molecule has 1 aromatic carbocycles. The minimum atomic E-state index is -0.358. The Labute approximate surface area is 103 Å². The molecule has 1 unspecified atom stereocenters. The molecule has 0 bridgehead atoms. The van der Waals surface area contributed by atoms with Gasteiger partial charge in [-0.1, -0.05) is 32.9 Å². The summed E-state index contributed by atoms with van der Waals surface area (Å²) in [5.74, 6) is 0.842. The zero-order chi connectivity index (χ0) is 12.7. The Morgan fingerprint density at radius 3 is 2.47 bits per heavy atom. The summed E-state index contributed by atoms with van der Waals surface area (Å²) in [5, 5.41) is 9.52. The van der Waals surface area contributed by atoms with Crippen molar-refractivity contribution in [1.82, 2.24) is 0 Å². The molecule has 90 valence electrons. The van der Waals surface area contributed by atoms with E-state index in [1.54, 1.807) is 7.11 Å². The molecular formula is C15H19NO. The van der Waals surface area contributed by atoms with Crippen molar-refractivity contribution < 1.29 is 4.74 Å². The van der Waals surface area contributed by atoms with Crippen molar-refractivity contribution in [3.63, 3.8) is 0 Å². The molecule has 0 saturated heterocycles. The van der Waals surface area contributed by atoms with Crippen molar-refractivity contribution >= 4 is 0 Å². The number of hydrogen-bond acceptors (Lipinski definition) is 2. The fourth-order valence-electron chi connectivity index (χ4n) is 2.64. The summed E-state index contributed by atoms with van der Waals surface area (Å²) in [6.07, 6.45) is 1.90. The number of rotatable bonds is 3. The molecule has 1 saturated carbocycles. The molecule has 17 heavy (non-hydrogen) atoms. The Morgan fingerprint density at radius 1 is 1.41 bits per heavy atom. The maximum atomic E-state index is 9.52. The van der Waals surface area contributed by atoms with Crippen molar-refractivity contribution in [1.29, 1.82) is 5.26 Å². The molecule has 0 spiro atoms. The molecule has 2 heteroatoms. The highest BCUT2D eigenvalue weighted by Crippen LogP contribution is 2.65. The van der Waals surface area contributed by atoms with Crippen LogP contribution in [0.5, 0.6) is 5.75 Å². The molecular weight excluding hydrogens is 210 g/mol. The Balaban J connectivity index is 2.55. The summed E-state index contributed by atoms with van der Waals surface area (Å²) in [6, 6.07) is 8.70. The van der Waals surface area contributed by atoms with E-state index in [1.165, 1.54) is 5.56 Å². The second-order valence-corrected chi connectivity index (χ2v) is 5.47. The molecule has 0 heterocycles. The van der Waals surface area contributed by atoms with Gasteiger partial charge in [-0.15, -0.1) is 0 Å². The van der Waals surface area contributed by atoms with E-state index in [-0.39, 0.29) is 10.8 Å². The second kappa shape index (κ2) is 3.77. The maximum Gasteiger partial charge on any atom is 0.123 e. The topological polar surface area (TPSA) is 33.0 Å². The highest BCUT2D eigenvalue weighted by atomic mass is 16.5. The maximum absolute atomic E-state index is 9.52. The quantitative estimate of drug-likeness (QED) is 0.795. The van der Waals surface area contributed by atoms with E-state index in [0.717, 1.165) is 24.2 Å². The molecule has 0 N–H and O–H groups in total. The van der Waals surface area contributed by atoms with Gasteiger partial charge >= 0.3 is 0 Å². The smallest absolute Gasteiger partial charge is 0.123 e. The van der Waals surface area contributed by atoms with Gasteiger partial charge in [-0.2, -0.15) is 5.26 Å². The number of nitriles is 1. The first-order chi connectivity index (χ1) is 8.00. The van der Waals surface area contributed by atoms with Gasteiger partial charge in [0, 0.05) is 5.56 Å². The Bertz CT molecular complexity index is 484. The monoisotopic (exact) mass is 229 g/mol. The molecule has 1 aliphatic rings. The number of hydrogen-bond donors (Lipinski definition) is 0. The van der Waals surface area contributed by atoms with E-state index in [1.807, 2.05) is 6.07 Å². The first-order valence-electron chi connectivity index (χ1n) is 6.09. The van der Waals surface area contributed by atoms with Crippen LogP contribution in [0.1, 0.15) is 38.3 Å². The second-order valence-electron chi connectivity index (χ2n) is 5.47. The number of nitrogens with zero attached hydrogens (tertiary/aromatic N) is 1. The third-order valence-corrected chi connectivity index (χ3v) is 4.06. The van der Waals surface area contributed by atoms with Crippen LogP contribution in [0.25, 0.3) is 0 Å². The number of ether oxygens (including phenoxy) is 1. The first-order valence-corrected chi connectivity index (χ1v) is 6.09. The minimum Gasteiger partial charge on any atom is -0.496 e. The van der Waals surface area contributed by atoms with E-state index in [9.17, 15) is 5.26 Å². The van der Waals surface area contributed by atoms with Gasteiger partial charge in [0.15, 0.2) is 0 Å². The zero-order valence-corrected chi connectivity index (χ0v) is 11.0. The summed E-state index contributed by atoms with van der Waals surface area (Å²) in [5.41, 5.74) is 2.02. The molecule has 2 nitrogen and oxygen atoms in total. The van der Waals surface area contributed by atoms with Gasteiger partial charge in [-0.05, 0) is 29.9 Å². The van der Waals surface area contributed by atoms with E-state index in [4.69, 9.17) is 4.74 Å². The molecule has 0 amide bonds. The standard InChI is InChI=1S/C15H19NO/c1-5-11-6-7-13(17-4)12(8-11)15(10-16)9-14(15,2)3/h6-8H,5,9H2,1-4H3. The minimum absolute atomic E-state index is 0.0569. The highest BCUT2D eigenvalue weighted by molar-refractivity contribution is 5.53. The average Bonchev–Trinajstić information content (AvgIpc) is 2.92. The van der Waals surface area contributed by atoms with Gasteiger partial charge in [-0.3, -0.25) is 0 Å². The molecule has 1 aliphatic carbocycles. The van der Waals surface area contributed by atoms with Gasteiger partial charge in [0.1, 0.15) is 5.75 Å². The summed E-state index contributed by atoms with van der Waals surface area (Å²) in [6.45, 7) is 6.42. The zero-order valence-electron chi connectivity index (χ0n) is 11.0. The molecule has 1 atom stereocenters. The number of benzene rings is 1. The summed E-state index contributed by atoms with van der Waals surface area (Å²) in [7, 11) is 1.67. The average molecular weight is 229 g/mol. The van der Waals surface area contributed by atoms with Crippen LogP contribution < -0.4 is 4.74 Å². The van der Waals surface area contributed by atoms with E-state index in [0.29, 0.717) is 0 Å². The third-order valence-electron chi connectivity index (χ3n) is 4.06. The highest BCUT2D eigenvalue weighted by Gasteiger charge is 2.64. The SMILES string of the molecule is CCc1ccc(OC)c(C2(C#N)CC2(C)C)c1. The fraction of sp³-hybridized carbons (Fsp3) is 0.533. The van der Waals surface area contributed by atoms with Crippen LogP contribution in [0.15, 0.2) is 18.2 Å². The Hall–Kier alpha value is -1.49. The number of aryl methyl sites for hydroxylation is 1. The van der Waals surface area contributed by atoms with Gasteiger partial charge < -0.3 is 4.74 Å². The van der Waals surface area contributed by atoms with Crippen LogP contribution in [0.4, 0.5) is 0 Å². The van der Waals surface area contributed by atoms with Crippen molar-refractivity contribution in [2.24, 2.45) is 5.41 Å². The summed E-state index contributed by atoms with van der Waals surface area (Å²) < 4.78 is 5.42. The fourth-order valence-corrected chi connectivity index (χ4v) is 2.64. The van der Waals surface area contributed by atoms with Crippen molar-refractivity contribution in [2.45, 2.75) is 39.0 Å². The molecule has 0 radical (unpaired) electrons. The van der Waals surface area contributed by atoms with Crippen LogP contribution in [-0.2, 0) is 11.8 Å². The Morgan fingerprint density at radius 2 is 2.06 bits per heavy atom. The molecule has 0 aliphatic heterocycles. The van der Waals surface area contributed by atoms with Gasteiger partial charge in [0.05, 0.1) is 18.6 Å². The Kier molecular flexibility index (Phi) is 2.66. The normalized spacial score (nSPS) is 25.1. The lowest BCUT2D eigenvalue weighted by atomic mass is 9.87. The molecule has 2 rings (SSSR count). The lowest BCUT2D eigenvalue weighted by Gasteiger charge is -2.17. The van der Waals surface area contributed by atoms with Gasteiger partial charge in [0.2, 0.25) is 0 Å². The van der Waals surface area contributed by atoms with Gasteiger partial charge in [-0.25, -0.2) is 0 Å². The summed E-state index contributed by atoms with van der Waals surface area (Å²) >= 11 is 0. The van der Waals surface area contributed by atoms with Gasteiger partial charge in [0.25, 0.3) is 0 Å². The van der Waals surface area contributed by atoms with E-state index < -0.39 is 0 Å². The van der Waals surface area contributed by atoms with Crippen LogP contribution in [-0.4, -0.2) is 7.11 Å². The van der Waals surface area contributed by atoms with Crippen molar-refractivity contribution in [3.8, 4) is 11.8 Å². The predicted octanol–water partition coefficient (Wildman–Crippen LogP) is 3.45. The van der Waals surface area contributed by atoms with Crippen LogP contribution in [0, 0.1) is 16.7 Å². The first kappa shape index (κ1) is 12.0. The van der Waals surface area contributed by atoms with Crippen molar-refractivity contribution in [2.75, 3.05) is 7.11 Å². The largest absolute Gasteiger partial charge is 0.496 e. The van der Waals surface area contributed by atoms with Crippen LogP contribution >= 0.6 is 0 Å². The molecule has 0 aromatic heterocycles. The lowest BCUT2D eigenvalue weighted by Crippen LogP contribution is -2.13. The molecule has 1 fully saturated rings.